The molecular formula is C13H19FO2. The number of hydrogen-bond acceptors (Lipinski definition) is 2. The summed E-state index contributed by atoms with van der Waals surface area (Å²) in [5, 5.41) is 9.04. The highest BCUT2D eigenvalue weighted by atomic mass is 19.1. The fraction of sp³-hybridized carbons (Fsp3) is 0.538. The predicted octanol–water partition coefficient (Wildman–Crippen LogP) is 3.28. The number of halogens is 1. The maximum absolute atomic E-state index is 12.9. The van der Waals surface area contributed by atoms with Crippen molar-refractivity contribution in [2.45, 2.75) is 39.2 Å². The third-order valence-corrected chi connectivity index (χ3v) is 2.45. The van der Waals surface area contributed by atoms with E-state index in [0.717, 1.165) is 12.8 Å². The summed E-state index contributed by atoms with van der Waals surface area (Å²) in [5.41, 5.74) is 0.510. The maximum Gasteiger partial charge on any atom is 0.125 e. The lowest BCUT2D eigenvalue weighted by Crippen LogP contribution is -2.00. The van der Waals surface area contributed by atoms with Gasteiger partial charge in [0.2, 0.25) is 0 Å². The topological polar surface area (TPSA) is 29.5 Å². The van der Waals surface area contributed by atoms with Gasteiger partial charge in [0.15, 0.2) is 0 Å². The molecule has 0 fully saturated rings. The number of aliphatic hydroxyl groups is 1. The smallest absolute Gasteiger partial charge is 0.125 e. The highest BCUT2D eigenvalue weighted by Crippen LogP contribution is 2.20. The van der Waals surface area contributed by atoms with Gasteiger partial charge in [-0.15, -0.1) is 0 Å². The molecule has 1 aromatic rings. The van der Waals surface area contributed by atoms with Gasteiger partial charge in [0, 0.05) is 5.56 Å². The van der Waals surface area contributed by atoms with E-state index in [4.69, 9.17) is 9.84 Å². The zero-order valence-electron chi connectivity index (χ0n) is 9.71. The zero-order valence-corrected chi connectivity index (χ0v) is 9.71. The van der Waals surface area contributed by atoms with Gasteiger partial charge in [0.05, 0.1) is 13.2 Å². The van der Waals surface area contributed by atoms with Gasteiger partial charge >= 0.3 is 0 Å². The number of unbranched alkanes of at least 4 members (excludes halogenated alkanes) is 3. The van der Waals surface area contributed by atoms with Crippen LogP contribution >= 0.6 is 0 Å². The minimum absolute atomic E-state index is 0.192. The minimum Gasteiger partial charge on any atom is -0.493 e. The molecular weight excluding hydrogens is 207 g/mol. The van der Waals surface area contributed by atoms with E-state index < -0.39 is 0 Å². The van der Waals surface area contributed by atoms with Crippen molar-refractivity contribution in [3.63, 3.8) is 0 Å². The Hall–Kier alpha value is -1.09. The lowest BCUT2D eigenvalue weighted by molar-refractivity contribution is 0.259. The molecule has 0 aliphatic rings. The Labute approximate surface area is 96.1 Å². The Balaban J connectivity index is 2.41. The molecule has 0 heterocycles. The molecule has 0 aromatic heterocycles. The molecule has 0 bridgehead atoms. The minimum atomic E-state index is -0.345. The highest BCUT2D eigenvalue weighted by molar-refractivity contribution is 5.33. The highest BCUT2D eigenvalue weighted by Gasteiger charge is 2.04. The number of rotatable bonds is 7. The lowest BCUT2D eigenvalue weighted by Gasteiger charge is -2.09. The second-order valence-corrected chi connectivity index (χ2v) is 3.82. The summed E-state index contributed by atoms with van der Waals surface area (Å²) in [4.78, 5) is 0. The van der Waals surface area contributed by atoms with Crippen LogP contribution in [0.1, 0.15) is 38.2 Å². The zero-order chi connectivity index (χ0) is 11.8. The molecule has 3 heteroatoms. The van der Waals surface area contributed by atoms with Crippen molar-refractivity contribution in [2.24, 2.45) is 0 Å². The molecule has 0 atom stereocenters. The summed E-state index contributed by atoms with van der Waals surface area (Å²) >= 11 is 0. The van der Waals surface area contributed by atoms with Gasteiger partial charge in [0.1, 0.15) is 11.6 Å². The van der Waals surface area contributed by atoms with Gasteiger partial charge in [-0.1, -0.05) is 26.2 Å². The van der Waals surface area contributed by atoms with E-state index in [1.165, 1.54) is 25.0 Å². The first-order valence-corrected chi connectivity index (χ1v) is 5.80. The van der Waals surface area contributed by atoms with E-state index in [2.05, 4.69) is 6.92 Å². The standard InChI is InChI=1S/C13H19FO2/c1-2-3-4-5-8-16-13-7-6-12(14)9-11(13)10-15/h6-7,9,15H,2-5,8,10H2,1H3. The van der Waals surface area contributed by atoms with E-state index in [0.29, 0.717) is 17.9 Å². The van der Waals surface area contributed by atoms with Crippen LogP contribution in [-0.4, -0.2) is 11.7 Å². The van der Waals surface area contributed by atoms with Crippen molar-refractivity contribution in [3.05, 3.63) is 29.6 Å². The number of hydrogen-bond donors (Lipinski definition) is 1. The molecule has 0 spiro atoms. The summed E-state index contributed by atoms with van der Waals surface area (Å²) in [6.45, 7) is 2.59. The van der Waals surface area contributed by atoms with E-state index in [9.17, 15) is 4.39 Å². The van der Waals surface area contributed by atoms with Crippen LogP contribution in [0, 0.1) is 5.82 Å². The van der Waals surface area contributed by atoms with Crippen LogP contribution < -0.4 is 4.74 Å². The molecule has 90 valence electrons. The van der Waals surface area contributed by atoms with Crippen LogP contribution in [0.25, 0.3) is 0 Å². The third-order valence-electron chi connectivity index (χ3n) is 2.45. The van der Waals surface area contributed by atoms with Crippen LogP contribution in [0.3, 0.4) is 0 Å². The van der Waals surface area contributed by atoms with Gasteiger partial charge in [-0.05, 0) is 24.6 Å². The van der Waals surface area contributed by atoms with Crippen molar-refractivity contribution in [2.75, 3.05) is 6.61 Å². The van der Waals surface area contributed by atoms with Crippen LogP contribution in [0.2, 0.25) is 0 Å². The number of aliphatic hydroxyl groups excluding tert-OH is 1. The molecule has 0 radical (unpaired) electrons. The van der Waals surface area contributed by atoms with Crippen molar-refractivity contribution in [1.82, 2.24) is 0 Å². The molecule has 16 heavy (non-hydrogen) atoms. The van der Waals surface area contributed by atoms with Gasteiger partial charge in [-0.3, -0.25) is 0 Å². The van der Waals surface area contributed by atoms with Crippen molar-refractivity contribution >= 4 is 0 Å². The SMILES string of the molecule is CCCCCCOc1ccc(F)cc1CO. The fourth-order valence-corrected chi connectivity index (χ4v) is 1.52. The molecule has 1 N–H and O–H groups in total. The molecule has 0 unspecified atom stereocenters. The molecule has 0 saturated carbocycles. The summed E-state index contributed by atoms with van der Waals surface area (Å²) in [6.07, 6.45) is 4.54. The van der Waals surface area contributed by atoms with Crippen molar-refractivity contribution < 1.29 is 14.2 Å². The second-order valence-electron chi connectivity index (χ2n) is 3.82. The summed E-state index contributed by atoms with van der Waals surface area (Å²) in [7, 11) is 0. The Morgan fingerprint density at radius 2 is 2.06 bits per heavy atom. The largest absolute Gasteiger partial charge is 0.493 e. The summed E-state index contributed by atoms with van der Waals surface area (Å²) in [5.74, 6) is 0.239. The van der Waals surface area contributed by atoms with E-state index in [-0.39, 0.29) is 12.4 Å². The van der Waals surface area contributed by atoms with Gasteiger partial charge in [-0.25, -0.2) is 4.39 Å². The first-order valence-electron chi connectivity index (χ1n) is 5.80. The molecule has 0 saturated heterocycles. The van der Waals surface area contributed by atoms with Crippen LogP contribution in [0.15, 0.2) is 18.2 Å². The molecule has 0 amide bonds. The molecule has 1 aromatic carbocycles. The van der Waals surface area contributed by atoms with Crippen LogP contribution in [0.5, 0.6) is 5.75 Å². The van der Waals surface area contributed by atoms with Crippen LogP contribution in [0.4, 0.5) is 4.39 Å². The predicted molar refractivity (Wildman–Crippen MR) is 62.0 cm³/mol. The number of ether oxygens (including phenoxy) is 1. The average Bonchev–Trinajstić information content (AvgIpc) is 2.30. The van der Waals surface area contributed by atoms with Crippen molar-refractivity contribution in [1.29, 1.82) is 0 Å². The first kappa shape index (κ1) is 13.0. The van der Waals surface area contributed by atoms with Gasteiger partial charge in [-0.2, -0.15) is 0 Å². The monoisotopic (exact) mass is 226 g/mol. The van der Waals surface area contributed by atoms with Gasteiger partial charge < -0.3 is 9.84 Å². The third kappa shape index (κ3) is 4.19. The Morgan fingerprint density at radius 3 is 2.75 bits per heavy atom. The van der Waals surface area contributed by atoms with E-state index in [1.807, 2.05) is 0 Å². The maximum atomic E-state index is 12.9. The molecule has 2 nitrogen and oxygen atoms in total. The molecule has 1 rings (SSSR count). The Morgan fingerprint density at radius 1 is 1.25 bits per heavy atom. The number of benzene rings is 1. The quantitative estimate of drug-likeness (QED) is 0.723. The first-order chi connectivity index (χ1) is 7.77. The average molecular weight is 226 g/mol. The fourth-order valence-electron chi connectivity index (χ4n) is 1.52. The lowest BCUT2D eigenvalue weighted by atomic mass is 10.2. The second kappa shape index (κ2) is 7.23. The van der Waals surface area contributed by atoms with E-state index >= 15 is 0 Å². The van der Waals surface area contributed by atoms with Crippen LogP contribution in [-0.2, 0) is 6.61 Å². The Kier molecular flexibility index (Phi) is 5.86. The Bertz CT molecular complexity index is 313. The molecule has 0 aliphatic heterocycles. The summed E-state index contributed by atoms with van der Waals surface area (Å²) < 4.78 is 18.4. The van der Waals surface area contributed by atoms with E-state index in [1.54, 1.807) is 6.07 Å². The van der Waals surface area contributed by atoms with Crippen molar-refractivity contribution in [3.8, 4) is 5.75 Å². The normalized spacial score (nSPS) is 10.4. The summed E-state index contributed by atoms with van der Waals surface area (Å²) in [6, 6.07) is 4.22. The van der Waals surface area contributed by atoms with Gasteiger partial charge in [0.25, 0.3) is 0 Å². The molecule has 0 aliphatic carbocycles.